The average Bonchev–Trinajstić information content (AvgIpc) is 2.74. The number of benzene rings is 1. The Morgan fingerprint density at radius 1 is 1.31 bits per heavy atom. The summed E-state index contributed by atoms with van der Waals surface area (Å²) in [7, 11) is 1.84. The number of hydrogen-bond acceptors (Lipinski definition) is 4. The van der Waals surface area contributed by atoms with Crippen molar-refractivity contribution in [2.45, 2.75) is 33.2 Å². The van der Waals surface area contributed by atoms with Gasteiger partial charge in [-0.3, -0.25) is 14.8 Å². The molecule has 0 aliphatic carbocycles. The smallest absolute Gasteiger partial charge is 0.266 e. The number of aryl methyl sites for hydroxylation is 2. The number of amides is 1. The Hall–Kier alpha value is -3.49. The van der Waals surface area contributed by atoms with Crippen LogP contribution in [-0.2, 0) is 11.8 Å². The molecule has 3 rings (SSSR count). The molecule has 1 N–H and O–H groups in total. The van der Waals surface area contributed by atoms with Gasteiger partial charge in [0.1, 0.15) is 11.6 Å². The van der Waals surface area contributed by atoms with Crippen LogP contribution in [0.25, 0.3) is 17.0 Å². The summed E-state index contributed by atoms with van der Waals surface area (Å²) in [5.41, 5.74) is 1.19. The molecule has 0 saturated heterocycles. The fourth-order valence-electron chi connectivity index (χ4n) is 3.26. The first kappa shape index (κ1) is 23.2. The monoisotopic (exact) mass is 443 g/mol. The fourth-order valence-corrected chi connectivity index (χ4v) is 3.26. The van der Waals surface area contributed by atoms with Gasteiger partial charge in [-0.25, -0.2) is 18.2 Å². The zero-order chi connectivity index (χ0) is 23.4. The lowest BCUT2D eigenvalue weighted by Crippen LogP contribution is -2.19. The highest BCUT2D eigenvalue weighted by atomic mass is 19.3. The first-order valence-corrected chi connectivity index (χ1v) is 10.0. The number of carbonyl (C=O) groups is 1. The zero-order valence-corrected chi connectivity index (χ0v) is 18.2. The molecule has 168 valence electrons. The largest absolute Gasteiger partial charge is 0.353 e. The minimum absolute atomic E-state index is 0.0770. The molecule has 0 aliphatic heterocycles. The number of nitrogens with one attached hydrogen (secondary N) is 1. The summed E-state index contributed by atoms with van der Waals surface area (Å²) in [6.45, 7) is 5.25. The molecule has 6 nitrogen and oxygen atoms in total. The van der Waals surface area contributed by atoms with Crippen LogP contribution in [0, 0.1) is 12.7 Å². The molecular formula is C23H24F3N5O. The quantitative estimate of drug-likeness (QED) is 0.622. The molecule has 0 radical (unpaired) electrons. The highest BCUT2D eigenvalue weighted by molar-refractivity contribution is 5.79. The van der Waals surface area contributed by atoms with Crippen molar-refractivity contribution in [3.8, 4) is 0 Å². The van der Waals surface area contributed by atoms with Gasteiger partial charge in [0.2, 0.25) is 5.91 Å². The Labute approximate surface area is 183 Å². The molecule has 2 aromatic heterocycles. The molecule has 0 saturated carbocycles. The van der Waals surface area contributed by atoms with Crippen LogP contribution >= 0.6 is 0 Å². The molecule has 2 heterocycles. The summed E-state index contributed by atoms with van der Waals surface area (Å²) in [6.07, 6.45) is 2.30. The summed E-state index contributed by atoms with van der Waals surface area (Å²) in [4.78, 5) is 24.5. The molecule has 9 heteroatoms. The summed E-state index contributed by atoms with van der Waals surface area (Å²) in [5, 5.41) is 3.35. The second-order valence-electron chi connectivity index (χ2n) is 7.36. The van der Waals surface area contributed by atoms with Gasteiger partial charge < -0.3 is 9.88 Å². The average molecular weight is 443 g/mol. The van der Waals surface area contributed by atoms with Crippen molar-refractivity contribution in [2.75, 3.05) is 6.54 Å². The number of alkyl halides is 2. The van der Waals surface area contributed by atoms with Gasteiger partial charge in [0.15, 0.2) is 5.49 Å². The van der Waals surface area contributed by atoms with Gasteiger partial charge in [-0.2, -0.15) is 0 Å². The third-order valence-electron chi connectivity index (χ3n) is 5.08. The van der Waals surface area contributed by atoms with Gasteiger partial charge >= 0.3 is 0 Å². The molecule has 32 heavy (non-hydrogen) atoms. The van der Waals surface area contributed by atoms with Gasteiger partial charge in [0.05, 0.1) is 29.0 Å². The van der Waals surface area contributed by atoms with E-state index in [1.807, 2.05) is 18.5 Å². The predicted molar refractivity (Wildman–Crippen MR) is 116 cm³/mol. The Morgan fingerprint density at radius 2 is 2.03 bits per heavy atom. The van der Waals surface area contributed by atoms with Crippen molar-refractivity contribution in [2.24, 2.45) is 12.0 Å². The molecule has 1 atom stereocenters. The SMILES string of the molecule is CC(=O)NCC=Cc1cc2/c(=N/[C@H](C)c3cccc(C(F)F)c3F)nc(C)n(C)c2cn1. The molecule has 1 aromatic carbocycles. The first-order chi connectivity index (χ1) is 15.2. The van der Waals surface area contributed by atoms with Crippen LogP contribution in [0.15, 0.2) is 41.5 Å². The molecule has 0 aliphatic rings. The van der Waals surface area contributed by atoms with E-state index in [0.717, 1.165) is 11.6 Å². The van der Waals surface area contributed by atoms with E-state index in [1.54, 1.807) is 31.3 Å². The van der Waals surface area contributed by atoms with Crippen molar-refractivity contribution in [3.05, 3.63) is 70.5 Å². The number of nitrogens with zero attached hydrogens (tertiary/aromatic N) is 4. The highest BCUT2D eigenvalue weighted by Crippen LogP contribution is 2.28. The molecule has 3 aromatic rings. The van der Waals surface area contributed by atoms with Gasteiger partial charge in [0.25, 0.3) is 6.43 Å². The first-order valence-electron chi connectivity index (χ1n) is 10.0. The number of fused-ring (bicyclic) bond motifs is 1. The summed E-state index contributed by atoms with van der Waals surface area (Å²) in [5.74, 6) is -0.420. The van der Waals surface area contributed by atoms with Crippen LogP contribution in [0.3, 0.4) is 0 Å². The van der Waals surface area contributed by atoms with Crippen molar-refractivity contribution >= 4 is 22.9 Å². The number of aromatic nitrogens is 3. The van der Waals surface area contributed by atoms with Crippen LogP contribution < -0.4 is 10.8 Å². The number of hydrogen-bond donors (Lipinski definition) is 1. The number of carbonyl (C=O) groups excluding carboxylic acids is 1. The Morgan fingerprint density at radius 3 is 2.72 bits per heavy atom. The van der Waals surface area contributed by atoms with Crippen LogP contribution in [0.1, 0.15) is 49.0 Å². The van der Waals surface area contributed by atoms with E-state index >= 15 is 0 Å². The van der Waals surface area contributed by atoms with Gasteiger partial charge in [0, 0.05) is 31.5 Å². The van der Waals surface area contributed by atoms with E-state index in [9.17, 15) is 18.0 Å². The van der Waals surface area contributed by atoms with Gasteiger partial charge in [-0.15, -0.1) is 0 Å². The van der Waals surface area contributed by atoms with E-state index in [1.165, 1.54) is 19.1 Å². The van der Waals surface area contributed by atoms with Crippen LogP contribution in [0.4, 0.5) is 13.2 Å². The number of rotatable bonds is 6. The molecule has 0 spiro atoms. The lowest BCUT2D eigenvalue weighted by atomic mass is 10.0. The van der Waals surface area contributed by atoms with Crippen molar-refractivity contribution in [3.63, 3.8) is 0 Å². The van der Waals surface area contributed by atoms with Crippen LogP contribution in [0.5, 0.6) is 0 Å². The van der Waals surface area contributed by atoms with Gasteiger partial charge in [-0.05, 0) is 26.0 Å². The minimum atomic E-state index is -2.91. The van der Waals surface area contributed by atoms with E-state index in [-0.39, 0.29) is 11.5 Å². The third kappa shape index (κ3) is 5.04. The van der Waals surface area contributed by atoms with Crippen molar-refractivity contribution in [1.82, 2.24) is 19.9 Å². The van der Waals surface area contributed by atoms with Crippen LogP contribution in [0.2, 0.25) is 0 Å². The maximum Gasteiger partial charge on any atom is 0.266 e. The lowest BCUT2D eigenvalue weighted by Gasteiger charge is -2.13. The van der Waals surface area contributed by atoms with E-state index < -0.39 is 23.8 Å². The lowest BCUT2D eigenvalue weighted by molar-refractivity contribution is -0.118. The van der Waals surface area contributed by atoms with E-state index in [2.05, 4.69) is 20.3 Å². The molecule has 0 bridgehead atoms. The maximum absolute atomic E-state index is 14.6. The Kier molecular flexibility index (Phi) is 7.07. The molecule has 0 fully saturated rings. The van der Waals surface area contributed by atoms with Crippen molar-refractivity contribution in [1.29, 1.82) is 0 Å². The van der Waals surface area contributed by atoms with E-state index in [0.29, 0.717) is 28.9 Å². The molecule has 1 amide bonds. The molecular weight excluding hydrogens is 419 g/mol. The highest BCUT2D eigenvalue weighted by Gasteiger charge is 2.19. The second-order valence-corrected chi connectivity index (χ2v) is 7.36. The second kappa shape index (κ2) is 9.76. The standard InChI is InChI=1S/C23H24F3N5O/c1-13(17-8-5-9-18(21(17)24)22(25)26)29-23-19-11-16(7-6-10-27-15(3)32)28-12-20(19)31(4)14(2)30-23/h5-9,11-13,22H,10H2,1-4H3,(H,27,32)/b7-6?,29-23-/t13-/m1/s1. The fraction of sp³-hybridized carbons (Fsp3) is 0.304. The van der Waals surface area contributed by atoms with Crippen molar-refractivity contribution < 1.29 is 18.0 Å². The topological polar surface area (TPSA) is 72.2 Å². The Balaban J connectivity index is 2.09. The number of halogens is 3. The summed E-state index contributed by atoms with van der Waals surface area (Å²) in [6, 6.07) is 4.98. The van der Waals surface area contributed by atoms with Crippen LogP contribution in [-0.4, -0.2) is 27.0 Å². The minimum Gasteiger partial charge on any atom is -0.353 e. The zero-order valence-electron chi connectivity index (χ0n) is 18.2. The molecule has 0 unspecified atom stereocenters. The van der Waals surface area contributed by atoms with Gasteiger partial charge in [-0.1, -0.05) is 24.3 Å². The summed E-state index contributed by atoms with van der Waals surface area (Å²) < 4.78 is 42.7. The predicted octanol–water partition coefficient (Wildman–Crippen LogP) is 4.16. The normalized spacial score (nSPS) is 13.3. The third-order valence-corrected chi connectivity index (χ3v) is 5.08. The Bertz CT molecular complexity index is 1250. The maximum atomic E-state index is 14.6. The summed E-state index contributed by atoms with van der Waals surface area (Å²) >= 11 is 0. The number of pyridine rings is 1. The van der Waals surface area contributed by atoms with E-state index in [4.69, 9.17) is 0 Å².